The van der Waals surface area contributed by atoms with E-state index in [1.54, 1.807) is 26.0 Å². The summed E-state index contributed by atoms with van der Waals surface area (Å²) >= 11 is 1.70. The molecule has 2 aromatic rings. The van der Waals surface area contributed by atoms with Crippen LogP contribution in [0, 0.1) is 0 Å². The van der Waals surface area contributed by atoms with Crippen LogP contribution in [-0.2, 0) is 0 Å². The van der Waals surface area contributed by atoms with Crippen molar-refractivity contribution in [3.8, 4) is 11.5 Å². The van der Waals surface area contributed by atoms with Crippen molar-refractivity contribution in [1.29, 1.82) is 0 Å². The van der Waals surface area contributed by atoms with Gasteiger partial charge >= 0.3 is 0 Å². The molecule has 1 aliphatic rings. The van der Waals surface area contributed by atoms with Gasteiger partial charge in [-0.1, -0.05) is 19.1 Å². The van der Waals surface area contributed by atoms with Gasteiger partial charge in [0.1, 0.15) is 11.5 Å². The van der Waals surface area contributed by atoms with E-state index in [4.69, 9.17) is 9.47 Å². The number of fused-ring (bicyclic) bond motifs is 1. The lowest BCUT2D eigenvalue weighted by Gasteiger charge is -2.07. The van der Waals surface area contributed by atoms with E-state index in [9.17, 15) is 4.79 Å². The lowest BCUT2D eigenvalue weighted by molar-refractivity contribution is 0.105. The number of allylic oxidation sites excluding steroid dienone is 1. The molecule has 1 aliphatic carbocycles. The summed E-state index contributed by atoms with van der Waals surface area (Å²) in [7, 11) is 3.25. The number of ketones is 1. The first-order valence-corrected chi connectivity index (χ1v) is 8.42. The molecule has 23 heavy (non-hydrogen) atoms. The Hall–Kier alpha value is -2.20. The fraction of sp³-hybridized carbons (Fsp3) is 0.211. The van der Waals surface area contributed by atoms with Gasteiger partial charge in [-0.2, -0.15) is 0 Å². The average Bonchev–Trinajstić information content (AvgIpc) is 2.87. The average molecular weight is 326 g/mol. The van der Waals surface area contributed by atoms with Crippen molar-refractivity contribution in [3.05, 3.63) is 59.2 Å². The Morgan fingerprint density at radius 2 is 1.57 bits per heavy atom. The maximum atomic E-state index is 12.9. The van der Waals surface area contributed by atoms with E-state index < -0.39 is 0 Å². The van der Waals surface area contributed by atoms with Crippen molar-refractivity contribution in [2.75, 3.05) is 20.0 Å². The quantitative estimate of drug-likeness (QED) is 0.809. The number of carbonyl (C=O) groups excluding carboxylic acids is 1. The molecule has 0 aromatic heterocycles. The molecule has 4 heteroatoms. The minimum atomic E-state index is 0.0556. The second kappa shape index (κ2) is 6.50. The number of benzene rings is 2. The Labute approximate surface area is 140 Å². The zero-order valence-corrected chi connectivity index (χ0v) is 14.2. The summed E-state index contributed by atoms with van der Waals surface area (Å²) in [5, 5.41) is 0. The number of methoxy groups -OCH3 is 2. The predicted molar refractivity (Wildman–Crippen MR) is 95.3 cm³/mol. The first-order chi connectivity index (χ1) is 11.2. The Bertz CT molecular complexity index is 776. The predicted octanol–water partition coefficient (Wildman–Crippen LogP) is 4.52. The van der Waals surface area contributed by atoms with Gasteiger partial charge in [-0.05, 0) is 41.6 Å². The van der Waals surface area contributed by atoms with Gasteiger partial charge < -0.3 is 9.47 Å². The summed E-state index contributed by atoms with van der Waals surface area (Å²) < 4.78 is 10.5. The third-order valence-corrected chi connectivity index (χ3v) is 4.84. The topological polar surface area (TPSA) is 35.5 Å². The van der Waals surface area contributed by atoms with Crippen molar-refractivity contribution >= 4 is 28.0 Å². The molecule has 0 bridgehead atoms. The maximum absolute atomic E-state index is 12.9. The van der Waals surface area contributed by atoms with Gasteiger partial charge in [-0.25, -0.2) is 0 Å². The van der Waals surface area contributed by atoms with Gasteiger partial charge in [0, 0.05) is 21.6 Å². The minimum absolute atomic E-state index is 0.0556. The first-order valence-electron chi connectivity index (χ1n) is 7.44. The zero-order chi connectivity index (χ0) is 16.4. The fourth-order valence-corrected chi connectivity index (χ4v) is 3.70. The molecule has 3 nitrogen and oxygen atoms in total. The Balaban J connectivity index is 2.12. The molecule has 0 unspecified atom stereocenters. The van der Waals surface area contributed by atoms with E-state index in [0.717, 1.165) is 33.1 Å². The molecule has 0 amide bonds. The summed E-state index contributed by atoms with van der Waals surface area (Å²) in [6, 6.07) is 13.3. The van der Waals surface area contributed by atoms with Gasteiger partial charge in [-0.15, -0.1) is 11.8 Å². The molecule has 0 aliphatic heterocycles. The number of thioether (sulfide) groups is 1. The van der Waals surface area contributed by atoms with E-state index in [2.05, 4.69) is 6.92 Å². The van der Waals surface area contributed by atoms with Crippen molar-refractivity contribution in [3.63, 3.8) is 0 Å². The molecule has 0 fully saturated rings. The van der Waals surface area contributed by atoms with E-state index in [0.29, 0.717) is 11.3 Å². The van der Waals surface area contributed by atoms with Crippen LogP contribution in [0.4, 0.5) is 0 Å². The molecule has 0 atom stereocenters. The zero-order valence-electron chi connectivity index (χ0n) is 13.4. The molecule has 0 saturated heterocycles. The summed E-state index contributed by atoms with van der Waals surface area (Å²) in [6.07, 6.45) is 0. The molecule has 2 aromatic carbocycles. The number of rotatable bonds is 5. The fourth-order valence-electron chi connectivity index (χ4n) is 2.72. The van der Waals surface area contributed by atoms with Gasteiger partial charge in [0.25, 0.3) is 0 Å². The molecular weight excluding hydrogens is 308 g/mol. The SMILES string of the molecule is CCSC1=C(c2ccc(OC)cc2)C(=O)c2cc(OC)ccc21. The number of ether oxygens (including phenoxy) is 2. The van der Waals surface area contributed by atoms with E-state index >= 15 is 0 Å². The molecule has 0 N–H and O–H groups in total. The van der Waals surface area contributed by atoms with Crippen molar-refractivity contribution in [1.82, 2.24) is 0 Å². The summed E-state index contributed by atoms with van der Waals surface area (Å²) in [5.74, 6) is 2.45. The smallest absolute Gasteiger partial charge is 0.195 e. The normalized spacial score (nSPS) is 13.3. The maximum Gasteiger partial charge on any atom is 0.195 e. The number of Topliss-reactive ketones (excluding diaryl/α,β-unsaturated/α-hetero) is 1. The van der Waals surface area contributed by atoms with Crippen molar-refractivity contribution in [2.45, 2.75) is 6.92 Å². The van der Waals surface area contributed by atoms with E-state index in [-0.39, 0.29) is 5.78 Å². The van der Waals surface area contributed by atoms with Crippen LogP contribution in [0.15, 0.2) is 42.5 Å². The first kappa shape index (κ1) is 15.7. The van der Waals surface area contributed by atoms with Crippen LogP contribution in [0.1, 0.15) is 28.4 Å². The highest BCUT2D eigenvalue weighted by atomic mass is 32.2. The molecule has 0 saturated carbocycles. The number of hydrogen-bond donors (Lipinski definition) is 0. The lowest BCUT2D eigenvalue weighted by atomic mass is 10.0. The summed E-state index contributed by atoms with van der Waals surface area (Å²) in [4.78, 5) is 14.0. The van der Waals surface area contributed by atoms with Crippen LogP contribution in [0.25, 0.3) is 10.5 Å². The van der Waals surface area contributed by atoms with Crippen LogP contribution < -0.4 is 9.47 Å². The standard InChI is InChI=1S/C19H18O3S/c1-4-23-19-15-10-9-14(22-3)11-16(15)18(20)17(19)12-5-7-13(21-2)8-6-12/h5-11H,4H2,1-3H3. The van der Waals surface area contributed by atoms with Crippen LogP contribution in [0.2, 0.25) is 0 Å². The molecule has 0 radical (unpaired) electrons. The molecular formula is C19H18O3S. The van der Waals surface area contributed by atoms with Gasteiger partial charge in [0.05, 0.1) is 14.2 Å². The third-order valence-electron chi connectivity index (χ3n) is 3.84. The highest BCUT2D eigenvalue weighted by molar-refractivity contribution is 8.08. The van der Waals surface area contributed by atoms with Crippen LogP contribution in [0.3, 0.4) is 0 Å². The van der Waals surface area contributed by atoms with Gasteiger partial charge in [0.2, 0.25) is 0 Å². The third kappa shape index (κ3) is 2.75. The van der Waals surface area contributed by atoms with Crippen LogP contribution in [-0.4, -0.2) is 25.8 Å². The van der Waals surface area contributed by atoms with Crippen LogP contribution >= 0.6 is 11.8 Å². The van der Waals surface area contributed by atoms with E-state index in [1.807, 2.05) is 42.5 Å². The molecule has 118 valence electrons. The highest BCUT2D eigenvalue weighted by Gasteiger charge is 2.31. The molecule has 0 heterocycles. The van der Waals surface area contributed by atoms with Crippen LogP contribution in [0.5, 0.6) is 11.5 Å². The Morgan fingerprint density at radius 1 is 0.913 bits per heavy atom. The van der Waals surface area contributed by atoms with Gasteiger partial charge in [-0.3, -0.25) is 4.79 Å². The highest BCUT2D eigenvalue weighted by Crippen LogP contribution is 2.45. The van der Waals surface area contributed by atoms with Crippen molar-refractivity contribution in [2.24, 2.45) is 0 Å². The lowest BCUT2D eigenvalue weighted by Crippen LogP contribution is -1.99. The Morgan fingerprint density at radius 3 is 2.17 bits per heavy atom. The number of carbonyl (C=O) groups is 1. The number of hydrogen-bond acceptors (Lipinski definition) is 4. The molecule has 3 rings (SSSR count). The second-order valence-electron chi connectivity index (χ2n) is 5.11. The summed E-state index contributed by atoms with van der Waals surface area (Å²) in [5.41, 5.74) is 3.39. The Kier molecular flexibility index (Phi) is 4.44. The van der Waals surface area contributed by atoms with Crippen molar-refractivity contribution < 1.29 is 14.3 Å². The second-order valence-corrected chi connectivity index (χ2v) is 6.38. The summed E-state index contributed by atoms with van der Waals surface area (Å²) in [6.45, 7) is 2.09. The largest absolute Gasteiger partial charge is 0.497 e. The van der Waals surface area contributed by atoms with Gasteiger partial charge in [0.15, 0.2) is 5.78 Å². The minimum Gasteiger partial charge on any atom is -0.497 e. The monoisotopic (exact) mass is 326 g/mol. The molecule has 0 spiro atoms. The van der Waals surface area contributed by atoms with E-state index in [1.165, 1.54) is 0 Å².